The SMILES string of the molecule is CCOc1cc(/C=C2\SC(=O)N(Cc3ccc(C)cc3)C2=O)ccc1OC(=O)c1cccc(Cl)c1. The lowest BCUT2D eigenvalue weighted by atomic mass is 10.1. The lowest BCUT2D eigenvalue weighted by molar-refractivity contribution is -0.123. The van der Waals surface area contributed by atoms with Crippen molar-refractivity contribution in [1.82, 2.24) is 4.90 Å². The number of rotatable bonds is 7. The van der Waals surface area contributed by atoms with E-state index in [-0.39, 0.29) is 23.4 Å². The van der Waals surface area contributed by atoms with Crippen LogP contribution in [-0.4, -0.2) is 28.6 Å². The molecule has 4 rings (SSSR count). The van der Waals surface area contributed by atoms with E-state index in [2.05, 4.69) is 0 Å². The molecule has 0 N–H and O–H groups in total. The summed E-state index contributed by atoms with van der Waals surface area (Å²) in [6, 6.07) is 19.1. The van der Waals surface area contributed by atoms with Crippen molar-refractivity contribution in [3.63, 3.8) is 0 Å². The lowest BCUT2D eigenvalue weighted by Gasteiger charge is -2.13. The van der Waals surface area contributed by atoms with Gasteiger partial charge >= 0.3 is 5.97 Å². The highest BCUT2D eigenvalue weighted by Crippen LogP contribution is 2.35. The third-order valence-corrected chi connectivity index (χ3v) is 6.31. The summed E-state index contributed by atoms with van der Waals surface area (Å²) in [5, 5.41) is 0.107. The van der Waals surface area contributed by atoms with Gasteiger partial charge in [0.05, 0.1) is 23.6 Å². The summed E-state index contributed by atoms with van der Waals surface area (Å²) >= 11 is 6.85. The molecule has 1 fully saturated rings. The van der Waals surface area contributed by atoms with Crippen LogP contribution in [0.25, 0.3) is 6.08 Å². The molecule has 0 radical (unpaired) electrons. The number of aryl methyl sites for hydroxylation is 1. The molecule has 0 aliphatic carbocycles. The zero-order valence-corrected chi connectivity index (χ0v) is 20.7. The largest absolute Gasteiger partial charge is 0.490 e. The monoisotopic (exact) mass is 507 g/mol. The molecule has 6 nitrogen and oxygen atoms in total. The van der Waals surface area contributed by atoms with Crippen LogP contribution >= 0.6 is 23.4 Å². The molecule has 0 atom stereocenters. The molecule has 3 aromatic carbocycles. The van der Waals surface area contributed by atoms with Gasteiger partial charge in [0, 0.05) is 5.02 Å². The van der Waals surface area contributed by atoms with Crippen LogP contribution in [0.4, 0.5) is 4.79 Å². The van der Waals surface area contributed by atoms with Crippen molar-refractivity contribution < 1.29 is 23.9 Å². The van der Waals surface area contributed by atoms with E-state index in [1.807, 2.05) is 38.1 Å². The van der Waals surface area contributed by atoms with Gasteiger partial charge < -0.3 is 9.47 Å². The van der Waals surface area contributed by atoms with Crippen LogP contribution in [0.2, 0.25) is 5.02 Å². The number of hydrogen-bond donors (Lipinski definition) is 0. The summed E-state index contributed by atoms with van der Waals surface area (Å²) in [5.41, 5.74) is 2.93. The third kappa shape index (κ3) is 5.93. The number of nitrogens with zero attached hydrogens (tertiary/aromatic N) is 1. The lowest BCUT2D eigenvalue weighted by Crippen LogP contribution is -2.27. The molecule has 0 aromatic heterocycles. The summed E-state index contributed by atoms with van der Waals surface area (Å²) in [4.78, 5) is 39.5. The van der Waals surface area contributed by atoms with Gasteiger partial charge in [0.15, 0.2) is 11.5 Å². The van der Waals surface area contributed by atoms with Crippen molar-refractivity contribution in [3.8, 4) is 11.5 Å². The Morgan fingerprint density at radius 1 is 1.03 bits per heavy atom. The Kier molecular flexibility index (Phi) is 7.58. The highest BCUT2D eigenvalue weighted by molar-refractivity contribution is 8.18. The van der Waals surface area contributed by atoms with Gasteiger partial charge in [0.25, 0.3) is 11.1 Å². The maximum Gasteiger partial charge on any atom is 0.343 e. The van der Waals surface area contributed by atoms with E-state index < -0.39 is 5.97 Å². The van der Waals surface area contributed by atoms with Crippen LogP contribution in [-0.2, 0) is 11.3 Å². The molecule has 1 heterocycles. The number of halogens is 1. The van der Waals surface area contributed by atoms with Gasteiger partial charge in [0.2, 0.25) is 0 Å². The third-order valence-electron chi connectivity index (χ3n) is 5.16. The maximum absolute atomic E-state index is 12.9. The highest BCUT2D eigenvalue weighted by atomic mass is 35.5. The number of carbonyl (C=O) groups is 3. The first-order chi connectivity index (χ1) is 16.8. The van der Waals surface area contributed by atoms with Crippen molar-refractivity contribution in [2.45, 2.75) is 20.4 Å². The molecule has 1 aliphatic rings. The summed E-state index contributed by atoms with van der Waals surface area (Å²) < 4.78 is 11.2. The smallest absolute Gasteiger partial charge is 0.343 e. The normalized spacial score (nSPS) is 14.5. The fourth-order valence-electron chi connectivity index (χ4n) is 3.41. The van der Waals surface area contributed by atoms with Crippen molar-refractivity contribution in [1.29, 1.82) is 0 Å². The molecule has 1 saturated heterocycles. The van der Waals surface area contributed by atoms with Gasteiger partial charge in [-0.05, 0) is 73.1 Å². The molecular formula is C27H22ClNO5S. The first-order valence-corrected chi connectivity index (χ1v) is 12.1. The second-order valence-electron chi connectivity index (χ2n) is 7.79. The van der Waals surface area contributed by atoms with E-state index in [4.69, 9.17) is 21.1 Å². The van der Waals surface area contributed by atoms with Crippen LogP contribution < -0.4 is 9.47 Å². The summed E-state index contributed by atoms with van der Waals surface area (Å²) in [5.74, 6) is -0.342. The average Bonchev–Trinajstić information content (AvgIpc) is 3.09. The molecular weight excluding hydrogens is 486 g/mol. The molecule has 0 spiro atoms. The Balaban J connectivity index is 1.53. The average molecular weight is 508 g/mol. The molecule has 8 heteroatoms. The van der Waals surface area contributed by atoms with Gasteiger partial charge in [-0.2, -0.15) is 0 Å². The second-order valence-corrected chi connectivity index (χ2v) is 9.22. The number of benzene rings is 3. The fraction of sp³-hybridized carbons (Fsp3) is 0.148. The first-order valence-electron chi connectivity index (χ1n) is 10.9. The molecule has 178 valence electrons. The van der Waals surface area contributed by atoms with E-state index in [0.717, 1.165) is 22.9 Å². The Morgan fingerprint density at radius 2 is 1.80 bits per heavy atom. The zero-order chi connectivity index (χ0) is 24.9. The number of esters is 1. The van der Waals surface area contributed by atoms with Crippen molar-refractivity contribution in [3.05, 3.63) is 98.9 Å². The number of imide groups is 1. The van der Waals surface area contributed by atoms with Crippen LogP contribution in [0.5, 0.6) is 11.5 Å². The van der Waals surface area contributed by atoms with Gasteiger partial charge in [-0.25, -0.2) is 4.79 Å². The Bertz CT molecular complexity index is 1320. The summed E-state index contributed by atoms with van der Waals surface area (Å²) in [7, 11) is 0. The molecule has 0 bridgehead atoms. The maximum atomic E-state index is 12.9. The Labute approximate surface area is 212 Å². The Hall–Kier alpha value is -3.55. The van der Waals surface area contributed by atoms with E-state index >= 15 is 0 Å². The summed E-state index contributed by atoms with van der Waals surface area (Å²) in [6.45, 7) is 4.35. The molecule has 2 amide bonds. The van der Waals surface area contributed by atoms with Crippen molar-refractivity contribution in [2.75, 3.05) is 6.61 Å². The number of hydrogen-bond acceptors (Lipinski definition) is 6. The van der Waals surface area contributed by atoms with E-state index in [9.17, 15) is 14.4 Å². The number of thioether (sulfide) groups is 1. The van der Waals surface area contributed by atoms with Gasteiger partial charge in [-0.15, -0.1) is 0 Å². The number of ether oxygens (including phenoxy) is 2. The second kappa shape index (κ2) is 10.8. The first kappa shape index (κ1) is 24.6. The van der Waals surface area contributed by atoms with E-state index in [1.165, 1.54) is 11.0 Å². The fourth-order valence-corrected chi connectivity index (χ4v) is 4.43. The quantitative estimate of drug-likeness (QED) is 0.206. The van der Waals surface area contributed by atoms with Crippen LogP contribution in [0, 0.1) is 6.92 Å². The van der Waals surface area contributed by atoms with Crippen LogP contribution in [0.3, 0.4) is 0 Å². The molecule has 0 unspecified atom stereocenters. The van der Waals surface area contributed by atoms with E-state index in [1.54, 1.807) is 42.5 Å². The van der Waals surface area contributed by atoms with E-state index in [0.29, 0.717) is 33.4 Å². The zero-order valence-electron chi connectivity index (χ0n) is 19.1. The minimum atomic E-state index is -0.571. The predicted molar refractivity (Wildman–Crippen MR) is 137 cm³/mol. The molecule has 1 aliphatic heterocycles. The standard InChI is InChI=1S/C27H22ClNO5S/c1-3-33-23-13-19(11-12-22(23)34-26(31)20-5-4-6-21(28)15-20)14-24-25(30)29(27(32)35-24)16-18-9-7-17(2)8-10-18/h4-15H,3,16H2,1-2H3/b24-14-. The summed E-state index contributed by atoms with van der Waals surface area (Å²) in [6.07, 6.45) is 1.63. The number of amides is 2. The van der Waals surface area contributed by atoms with Crippen molar-refractivity contribution >= 4 is 46.6 Å². The number of carbonyl (C=O) groups excluding carboxylic acids is 3. The van der Waals surface area contributed by atoms with Crippen molar-refractivity contribution in [2.24, 2.45) is 0 Å². The molecule has 35 heavy (non-hydrogen) atoms. The van der Waals surface area contributed by atoms with Gasteiger partial charge in [0.1, 0.15) is 0 Å². The topological polar surface area (TPSA) is 72.9 Å². The van der Waals surface area contributed by atoms with Gasteiger partial charge in [-0.3, -0.25) is 14.5 Å². The van der Waals surface area contributed by atoms with Gasteiger partial charge in [-0.1, -0.05) is 53.6 Å². The minimum absolute atomic E-state index is 0.213. The van der Waals surface area contributed by atoms with Crippen LogP contribution in [0.15, 0.2) is 71.6 Å². The predicted octanol–water partition coefficient (Wildman–Crippen LogP) is 6.50. The minimum Gasteiger partial charge on any atom is -0.490 e. The highest BCUT2D eigenvalue weighted by Gasteiger charge is 2.35. The molecule has 3 aromatic rings. The molecule has 0 saturated carbocycles. The Morgan fingerprint density at radius 3 is 2.51 bits per heavy atom. The van der Waals surface area contributed by atoms with Crippen LogP contribution in [0.1, 0.15) is 34.0 Å².